The van der Waals surface area contributed by atoms with Gasteiger partial charge in [0, 0.05) is 62.3 Å². The quantitative estimate of drug-likeness (QED) is 0.0390. The molecule has 0 bridgehead atoms. The Balaban J connectivity index is 0.000000256. The lowest BCUT2D eigenvalue weighted by molar-refractivity contribution is -0.144. The van der Waals surface area contributed by atoms with Crippen LogP contribution >= 0.6 is 0 Å². The van der Waals surface area contributed by atoms with Crippen LogP contribution in [0, 0.1) is 90.5 Å². The number of carboxylic acid groups (broad SMARTS) is 1. The Morgan fingerprint density at radius 1 is 0.522 bits per heavy atom. The minimum absolute atomic E-state index is 0.0702. The van der Waals surface area contributed by atoms with E-state index in [1.165, 1.54) is 29.5 Å². The smallest absolute Gasteiger partial charge is 0.306 e. The van der Waals surface area contributed by atoms with Gasteiger partial charge in [0.15, 0.2) is 11.6 Å². The SMILES string of the molecule is CCOC(=O)C[C@H](CC(=O)C(CC(C)C)n1cc(CCN2CCC2)c(C)cc1=O)c1cc(-c2c(C)ccc(F)c2C)cc(C)c1F.Cc1cc(=O)n(C(CC(C)C)C(=O)C[C@@H](CC(=O)O)c2cc(-c3c(C)ccc(F)c3C)cc(C)c2F)cc1CCN1CCC1. The van der Waals surface area contributed by atoms with Crippen LogP contribution in [-0.2, 0) is 36.8 Å². The normalized spacial score (nSPS) is 14.7. The van der Waals surface area contributed by atoms with Crippen molar-refractivity contribution in [1.29, 1.82) is 0 Å². The number of aliphatic carboxylic acids is 1. The average Bonchev–Trinajstić information content (AvgIpc) is 0.829. The maximum atomic E-state index is 16.0. The molecule has 2 aliphatic heterocycles. The third-order valence-corrected chi connectivity index (χ3v) is 18.2. The number of carbonyl (C=O) groups excluding carboxylic acids is 3. The first-order chi connectivity index (χ1) is 42.6. The number of Topliss-reactive ketones (excluding diaryl/α,β-unsaturated/α-hetero) is 2. The Morgan fingerprint density at radius 3 is 1.26 bits per heavy atom. The second-order valence-electron chi connectivity index (χ2n) is 26.1. The van der Waals surface area contributed by atoms with Crippen LogP contribution in [-0.4, -0.2) is 93.4 Å². The zero-order valence-corrected chi connectivity index (χ0v) is 55.0. The van der Waals surface area contributed by atoms with Crippen LogP contribution in [0.25, 0.3) is 22.3 Å². The van der Waals surface area contributed by atoms with E-state index in [1.807, 2.05) is 61.6 Å². The summed E-state index contributed by atoms with van der Waals surface area (Å²) in [6.45, 7) is 29.9. The molecule has 2 unspecified atom stereocenters. The van der Waals surface area contributed by atoms with E-state index in [-0.39, 0.29) is 82.9 Å². The Morgan fingerprint density at radius 2 is 0.911 bits per heavy atom. The van der Waals surface area contributed by atoms with Crippen molar-refractivity contribution in [2.75, 3.05) is 45.9 Å². The lowest BCUT2D eigenvalue weighted by Crippen LogP contribution is -2.38. The minimum Gasteiger partial charge on any atom is -0.481 e. The second-order valence-corrected chi connectivity index (χ2v) is 26.1. The summed E-state index contributed by atoms with van der Waals surface area (Å²) >= 11 is 0. The van der Waals surface area contributed by atoms with Gasteiger partial charge in [0.05, 0.1) is 31.5 Å². The molecule has 0 amide bonds. The highest BCUT2D eigenvalue weighted by Crippen LogP contribution is 2.40. The molecule has 4 aromatic carbocycles. The Bertz CT molecular complexity index is 3730. The number of rotatable bonds is 27. The first-order valence-corrected chi connectivity index (χ1v) is 32.0. The molecule has 4 heterocycles. The average molecular weight is 1240 g/mol. The number of halogens is 4. The van der Waals surface area contributed by atoms with Gasteiger partial charge in [0.1, 0.15) is 23.3 Å². The third-order valence-electron chi connectivity index (χ3n) is 18.2. The lowest BCUT2D eigenvalue weighted by Gasteiger charge is -2.31. The van der Waals surface area contributed by atoms with Gasteiger partial charge in [0.25, 0.3) is 11.1 Å². The first-order valence-electron chi connectivity index (χ1n) is 32.0. The van der Waals surface area contributed by atoms with Gasteiger partial charge < -0.3 is 28.8 Å². The number of likely N-dealkylation sites (tertiary alicyclic amines) is 2. The zero-order chi connectivity index (χ0) is 66.0. The van der Waals surface area contributed by atoms with E-state index in [0.717, 1.165) is 85.5 Å². The fourth-order valence-electron chi connectivity index (χ4n) is 12.8. The number of ether oxygens (including phenoxy) is 1. The minimum atomic E-state index is -1.16. The number of ketones is 2. The zero-order valence-electron chi connectivity index (χ0n) is 55.0. The molecule has 0 spiro atoms. The molecule has 12 nitrogen and oxygen atoms in total. The van der Waals surface area contributed by atoms with Crippen LogP contribution in [0.4, 0.5) is 17.6 Å². The standard InChI is InChI=1S/C38H48F2N2O4.C36H44F2N2O4/c1-8-46-36(45)21-29(31-19-30(17-26(6)38(31)40)37-24(4)10-11-32(39)27(37)7)20-34(43)33(16-23(2)3)42-22-28(25(5)18-35(42)44)12-15-41-13-9-14-41;1-21(2)14-31(40-20-26(23(4)16-33(40)42)10-13-39-11-7-12-39)32(41)18-27(19-34(43)44)29-17-28(15-24(5)36(29)38)35-22(3)8-9-30(37)25(35)6/h10-11,17-19,22-23,29,33H,8-9,12-16,20-21H2,1-7H3;8-9,15-17,20-21,27,31H,7,10-14,18-19H2,1-6H3,(H,43,44)/t29-,33?;27-,31?/m00/s1. The molecule has 2 fully saturated rings. The number of aromatic nitrogens is 2. The predicted octanol–water partition coefficient (Wildman–Crippen LogP) is 14.6. The predicted molar refractivity (Wildman–Crippen MR) is 348 cm³/mol. The van der Waals surface area contributed by atoms with E-state index in [4.69, 9.17) is 4.74 Å². The van der Waals surface area contributed by atoms with Crippen LogP contribution in [0.3, 0.4) is 0 Å². The van der Waals surface area contributed by atoms with Crippen molar-refractivity contribution < 1.29 is 46.6 Å². The maximum absolute atomic E-state index is 16.0. The second kappa shape index (κ2) is 31.1. The summed E-state index contributed by atoms with van der Waals surface area (Å²) in [5, 5.41) is 9.83. The molecule has 8 rings (SSSR count). The fraction of sp³-hybridized carbons (Fsp3) is 0.486. The van der Waals surface area contributed by atoms with Gasteiger partial charge in [-0.2, -0.15) is 0 Å². The Hall–Kier alpha value is -7.30. The molecule has 1 N–H and O–H groups in total. The van der Waals surface area contributed by atoms with Crippen molar-refractivity contribution in [3.8, 4) is 22.3 Å². The van der Waals surface area contributed by atoms with Gasteiger partial charge in [-0.1, -0.05) is 39.8 Å². The van der Waals surface area contributed by atoms with Gasteiger partial charge in [0.2, 0.25) is 0 Å². The largest absolute Gasteiger partial charge is 0.481 e. The summed E-state index contributed by atoms with van der Waals surface area (Å²) in [7, 11) is 0. The van der Waals surface area contributed by atoms with E-state index >= 15 is 8.78 Å². The third kappa shape index (κ3) is 17.4. The first kappa shape index (κ1) is 70.2. The summed E-state index contributed by atoms with van der Waals surface area (Å²) in [4.78, 5) is 84.6. The Labute approximate surface area is 528 Å². The van der Waals surface area contributed by atoms with E-state index in [0.29, 0.717) is 51.8 Å². The molecule has 2 saturated heterocycles. The number of hydrogen-bond donors (Lipinski definition) is 1. The van der Waals surface area contributed by atoms with Gasteiger partial charge in [-0.15, -0.1) is 0 Å². The number of carboxylic acids is 1. The van der Waals surface area contributed by atoms with E-state index in [1.54, 1.807) is 93.9 Å². The van der Waals surface area contributed by atoms with Crippen LogP contribution < -0.4 is 11.1 Å². The van der Waals surface area contributed by atoms with Crippen LogP contribution in [0.1, 0.15) is 177 Å². The highest BCUT2D eigenvalue weighted by atomic mass is 19.1. The van der Waals surface area contributed by atoms with E-state index < -0.39 is 59.7 Å². The summed E-state index contributed by atoms with van der Waals surface area (Å²) < 4.78 is 69.3. The molecule has 2 aromatic heterocycles. The number of hydrogen-bond acceptors (Lipinski definition) is 9. The molecular formula is C74H92F4N4O8. The van der Waals surface area contributed by atoms with Gasteiger partial charge >= 0.3 is 11.9 Å². The van der Waals surface area contributed by atoms with Gasteiger partial charge in [-0.25, -0.2) is 17.6 Å². The Kier molecular flexibility index (Phi) is 24.3. The highest BCUT2D eigenvalue weighted by Gasteiger charge is 2.33. The number of benzene rings is 4. The molecule has 16 heteroatoms. The molecule has 0 aliphatic carbocycles. The van der Waals surface area contributed by atoms with E-state index in [2.05, 4.69) is 9.80 Å². The molecule has 90 heavy (non-hydrogen) atoms. The van der Waals surface area contributed by atoms with Crippen molar-refractivity contribution in [3.63, 3.8) is 0 Å². The lowest BCUT2D eigenvalue weighted by atomic mass is 9.83. The summed E-state index contributed by atoms with van der Waals surface area (Å²) in [6.07, 6.45) is 7.23. The van der Waals surface area contributed by atoms with Gasteiger partial charge in [-0.3, -0.25) is 28.8 Å². The molecular weight excluding hydrogens is 1150 g/mol. The van der Waals surface area contributed by atoms with Crippen molar-refractivity contribution in [2.24, 2.45) is 11.8 Å². The summed E-state index contributed by atoms with van der Waals surface area (Å²) in [6, 6.07) is 14.2. The van der Waals surface area contributed by atoms with Crippen molar-refractivity contribution in [1.82, 2.24) is 18.9 Å². The topological polar surface area (TPSA) is 148 Å². The summed E-state index contributed by atoms with van der Waals surface area (Å²) in [5.41, 5.74) is 9.10. The van der Waals surface area contributed by atoms with Crippen LogP contribution in [0.2, 0.25) is 0 Å². The van der Waals surface area contributed by atoms with Crippen molar-refractivity contribution in [2.45, 2.75) is 178 Å². The molecule has 2 aliphatic rings. The number of esters is 1. The fourth-order valence-corrected chi connectivity index (χ4v) is 12.8. The molecule has 0 saturated carbocycles. The van der Waals surface area contributed by atoms with Crippen LogP contribution in [0.15, 0.2) is 82.6 Å². The van der Waals surface area contributed by atoms with Crippen LogP contribution in [0.5, 0.6) is 0 Å². The molecule has 6 aromatic rings. The number of pyridine rings is 2. The van der Waals surface area contributed by atoms with Crippen molar-refractivity contribution >= 4 is 23.5 Å². The highest BCUT2D eigenvalue weighted by molar-refractivity contribution is 5.86. The molecule has 4 atom stereocenters. The van der Waals surface area contributed by atoms with Crippen molar-refractivity contribution in [3.05, 3.63) is 184 Å². The summed E-state index contributed by atoms with van der Waals surface area (Å²) in [5.74, 6) is -5.78. The monoisotopic (exact) mass is 1240 g/mol. The number of carbonyl (C=O) groups is 4. The van der Waals surface area contributed by atoms with Gasteiger partial charge in [-0.05, 0) is 264 Å². The van der Waals surface area contributed by atoms with E-state index in [9.17, 15) is 42.7 Å². The maximum Gasteiger partial charge on any atom is 0.306 e. The number of nitrogens with zero attached hydrogens (tertiary/aromatic N) is 4. The molecule has 484 valence electrons. The number of aryl methyl sites for hydroxylation is 6. The molecule has 0 radical (unpaired) electrons.